The molecular formula is C8H13BI. The molecule has 10 heavy (non-hydrogen) atoms. The van der Waals surface area contributed by atoms with Crippen LogP contribution in [0.3, 0.4) is 0 Å². The van der Waals surface area contributed by atoms with Crippen LogP contribution in [0.4, 0.5) is 0 Å². The van der Waals surface area contributed by atoms with E-state index in [1.54, 1.807) is 0 Å². The maximum absolute atomic E-state index is 2.46. The van der Waals surface area contributed by atoms with Crippen molar-refractivity contribution in [2.24, 2.45) is 5.92 Å². The van der Waals surface area contributed by atoms with Gasteiger partial charge >= 0.3 is 0 Å². The Bertz CT molecular complexity index is 113. The molecule has 0 amide bonds. The van der Waals surface area contributed by atoms with Gasteiger partial charge in [-0.1, -0.05) is 38.5 Å². The Morgan fingerprint density at radius 1 is 1.10 bits per heavy atom. The van der Waals surface area contributed by atoms with Crippen LogP contribution in [-0.4, -0.2) is 5.14 Å². The van der Waals surface area contributed by atoms with E-state index in [1.807, 2.05) is 0 Å². The van der Waals surface area contributed by atoms with E-state index in [9.17, 15) is 0 Å². The van der Waals surface area contributed by atoms with Gasteiger partial charge in [-0.3, -0.25) is 0 Å². The third-order valence-electron chi connectivity index (χ3n) is 3.38. The summed E-state index contributed by atoms with van der Waals surface area (Å²) in [5.41, 5.74) is 0. The quantitative estimate of drug-likeness (QED) is 0.493. The molecule has 0 aliphatic heterocycles. The Balaban J connectivity index is 2.08. The number of hydrogen-bond donors (Lipinski definition) is 0. The zero-order valence-corrected chi connectivity index (χ0v) is 8.43. The number of rotatable bonds is 1. The van der Waals surface area contributed by atoms with E-state index in [0.717, 1.165) is 5.92 Å². The topological polar surface area (TPSA) is 0 Å². The minimum atomic E-state index is 0.690. The highest BCUT2D eigenvalue weighted by molar-refractivity contribution is 14.1. The Morgan fingerprint density at radius 2 is 1.60 bits per heavy atom. The molecule has 55 valence electrons. The second kappa shape index (κ2) is 2.69. The van der Waals surface area contributed by atoms with Crippen LogP contribution in [0.5, 0.6) is 0 Å². The van der Waals surface area contributed by atoms with Gasteiger partial charge < -0.3 is 0 Å². The maximum atomic E-state index is 2.46. The molecule has 3 aliphatic carbocycles. The molecule has 0 saturated heterocycles. The molecule has 0 atom stereocenters. The summed E-state index contributed by atoms with van der Waals surface area (Å²) in [5.74, 6) is 1.11. The molecule has 2 bridgehead atoms. The lowest BCUT2D eigenvalue weighted by atomic mass is 9.51. The van der Waals surface area contributed by atoms with E-state index in [2.05, 4.69) is 27.5 Å². The number of fused-ring (bicyclic) bond motifs is 3. The van der Waals surface area contributed by atoms with Gasteiger partial charge in [0.15, 0.2) is 0 Å². The molecule has 0 aromatic carbocycles. The van der Waals surface area contributed by atoms with Crippen molar-refractivity contribution in [1.29, 1.82) is 0 Å². The van der Waals surface area contributed by atoms with Crippen molar-refractivity contribution < 1.29 is 0 Å². The third-order valence-corrected chi connectivity index (χ3v) is 4.70. The molecule has 2 heteroatoms. The van der Waals surface area contributed by atoms with Gasteiger partial charge in [0.2, 0.25) is 5.14 Å². The van der Waals surface area contributed by atoms with Crippen molar-refractivity contribution in [2.75, 3.05) is 0 Å². The second-order valence-corrected chi connectivity index (χ2v) is 4.58. The predicted octanol–water partition coefficient (Wildman–Crippen LogP) is 3.18. The fourth-order valence-corrected chi connectivity index (χ4v) is 3.38. The van der Waals surface area contributed by atoms with Crippen LogP contribution in [0.2, 0.25) is 5.31 Å². The van der Waals surface area contributed by atoms with E-state index in [0.29, 0.717) is 5.31 Å². The average molecular weight is 247 g/mol. The highest BCUT2D eigenvalue weighted by atomic mass is 127. The number of halogens is 1. The smallest absolute Gasteiger partial charge is 0.158 e. The van der Waals surface area contributed by atoms with Gasteiger partial charge in [-0.2, -0.15) is 22.4 Å². The van der Waals surface area contributed by atoms with Crippen molar-refractivity contribution in [2.45, 2.75) is 43.8 Å². The first-order chi connectivity index (χ1) is 4.85. The Hall–Kier alpha value is 0.795. The van der Waals surface area contributed by atoms with Gasteiger partial charge in [-0.25, -0.2) is 0 Å². The van der Waals surface area contributed by atoms with Gasteiger partial charge in [0.1, 0.15) is 0 Å². The van der Waals surface area contributed by atoms with Crippen molar-refractivity contribution >= 4 is 27.5 Å². The molecule has 0 aromatic heterocycles. The summed E-state index contributed by atoms with van der Waals surface area (Å²) in [7, 11) is 0. The monoisotopic (exact) mass is 247 g/mol. The molecule has 0 unspecified atom stereocenters. The van der Waals surface area contributed by atoms with Crippen LogP contribution in [0, 0.1) is 5.92 Å². The third kappa shape index (κ3) is 1.12. The molecule has 0 heterocycles. The Kier molecular flexibility index (Phi) is 2.00. The Morgan fingerprint density at radius 3 is 1.90 bits per heavy atom. The molecule has 1 radical (unpaired) electrons. The zero-order chi connectivity index (χ0) is 7.03. The fourth-order valence-electron chi connectivity index (χ4n) is 2.45. The predicted molar refractivity (Wildman–Crippen MR) is 53.7 cm³/mol. The number of hydrogen-bond acceptors (Lipinski definition) is 0. The van der Waals surface area contributed by atoms with E-state index < -0.39 is 0 Å². The summed E-state index contributed by atoms with van der Waals surface area (Å²) in [4.78, 5) is 0. The van der Waals surface area contributed by atoms with Crippen LogP contribution >= 0.6 is 22.4 Å². The summed E-state index contributed by atoms with van der Waals surface area (Å²) in [6, 6.07) is 0. The minimum absolute atomic E-state index is 0.690. The lowest BCUT2D eigenvalue weighted by Gasteiger charge is -2.45. The normalized spacial score (nSPS) is 45.5. The van der Waals surface area contributed by atoms with Crippen molar-refractivity contribution in [3.05, 3.63) is 0 Å². The van der Waals surface area contributed by atoms with Gasteiger partial charge in [0.05, 0.1) is 0 Å². The molecule has 0 spiro atoms. The summed E-state index contributed by atoms with van der Waals surface area (Å²) >= 11 is 2.46. The summed E-state index contributed by atoms with van der Waals surface area (Å²) in [5, 5.41) is 3.13. The fraction of sp³-hybridized carbons (Fsp3) is 1.00. The first-order valence-corrected chi connectivity index (χ1v) is 5.54. The van der Waals surface area contributed by atoms with Crippen LogP contribution < -0.4 is 0 Å². The molecule has 0 aromatic rings. The van der Waals surface area contributed by atoms with Gasteiger partial charge in [0.25, 0.3) is 0 Å². The highest BCUT2D eigenvalue weighted by Crippen LogP contribution is 2.55. The van der Waals surface area contributed by atoms with Crippen molar-refractivity contribution in [3.8, 4) is 0 Å². The standard InChI is InChI=1S/C8H13BI/c10-9-8-4-1-7(2-5-8)3-6-8/h7H,1-6H2. The van der Waals surface area contributed by atoms with E-state index >= 15 is 0 Å². The van der Waals surface area contributed by atoms with Crippen LogP contribution in [-0.2, 0) is 0 Å². The van der Waals surface area contributed by atoms with Gasteiger partial charge in [0, 0.05) is 0 Å². The molecule has 3 saturated carbocycles. The van der Waals surface area contributed by atoms with Crippen LogP contribution in [0.15, 0.2) is 0 Å². The van der Waals surface area contributed by atoms with E-state index in [4.69, 9.17) is 0 Å². The zero-order valence-electron chi connectivity index (χ0n) is 6.28. The SMILES string of the molecule is I[B]C12CCC(CC1)CC2. The van der Waals surface area contributed by atoms with Gasteiger partial charge in [-0.05, 0) is 11.2 Å². The molecular weight excluding hydrogens is 234 g/mol. The van der Waals surface area contributed by atoms with Crippen molar-refractivity contribution in [3.63, 3.8) is 0 Å². The summed E-state index contributed by atoms with van der Waals surface area (Å²) in [6.45, 7) is 0. The lowest BCUT2D eigenvalue weighted by Crippen LogP contribution is -2.30. The molecule has 3 aliphatic rings. The van der Waals surface area contributed by atoms with Crippen LogP contribution in [0.25, 0.3) is 0 Å². The summed E-state index contributed by atoms with van der Waals surface area (Å²) < 4.78 is 0. The highest BCUT2D eigenvalue weighted by Gasteiger charge is 2.39. The van der Waals surface area contributed by atoms with Crippen LogP contribution in [0.1, 0.15) is 38.5 Å². The minimum Gasteiger partial charge on any atom is -0.158 e. The second-order valence-electron chi connectivity index (χ2n) is 3.95. The lowest BCUT2D eigenvalue weighted by molar-refractivity contribution is 0.190. The van der Waals surface area contributed by atoms with Gasteiger partial charge in [-0.15, -0.1) is 0 Å². The first kappa shape index (κ1) is 7.44. The molecule has 0 nitrogen and oxygen atoms in total. The largest absolute Gasteiger partial charge is 0.206 e. The molecule has 0 N–H and O–H groups in total. The first-order valence-electron chi connectivity index (χ1n) is 4.29. The molecule has 3 rings (SSSR count). The van der Waals surface area contributed by atoms with Crippen molar-refractivity contribution in [1.82, 2.24) is 0 Å². The Labute approximate surface area is 77.3 Å². The maximum Gasteiger partial charge on any atom is 0.206 e. The van der Waals surface area contributed by atoms with E-state index in [1.165, 1.54) is 38.5 Å². The average Bonchev–Trinajstić information content (AvgIpc) is 2.08. The summed E-state index contributed by atoms with van der Waals surface area (Å²) in [6.07, 6.45) is 9.00. The van der Waals surface area contributed by atoms with E-state index in [-0.39, 0.29) is 0 Å². The molecule has 3 fully saturated rings.